The van der Waals surface area contributed by atoms with Gasteiger partial charge < -0.3 is 14.6 Å². The van der Waals surface area contributed by atoms with Crippen LogP contribution in [0, 0.1) is 13.8 Å². The van der Waals surface area contributed by atoms with Crippen molar-refractivity contribution in [3.63, 3.8) is 0 Å². The van der Waals surface area contributed by atoms with Gasteiger partial charge in [-0.2, -0.15) is 0 Å². The summed E-state index contributed by atoms with van der Waals surface area (Å²) in [5.41, 5.74) is 3.73. The number of piperidine rings is 1. The number of thiazole rings is 1. The molecular weight excluding hydrogens is 410 g/mol. The minimum atomic E-state index is -0.968. The van der Waals surface area contributed by atoms with Gasteiger partial charge >= 0.3 is 5.97 Å². The third kappa shape index (κ3) is 4.88. The Morgan fingerprint density at radius 1 is 1.10 bits per heavy atom. The molecule has 0 bridgehead atoms. The van der Waals surface area contributed by atoms with Crippen LogP contribution in [0.25, 0.3) is 0 Å². The van der Waals surface area contributed by atoms with E-state index in [9.17, 15) is 9.59 Å². The predicted molar refractivity (Wildman–Crippen MR) is 123 cm³/mol. The molecule has 1 aliphatic heterocycles. The van der Waals surface area contributed by atoms with Crippen LogP contribution in [0.1, 0.15) is 61.8 Å². The standard InChI is InChI=1S/C24H27N3O3S/c1-16-12-21(22(28)13-18-6-8-19(9-7-18)23(29)30)27(14-16)15-20-17(2)31-24(25-20)26-10-4-3-5-11-26/h6-9,12,14H,3-5,10-11,13,15H2,1-2H3,(H,29,30). The molecule has 162 valence electrons. The fourth-order valence-corrected chi connectivity index (χ4v) is 4.97. The number of rotatable bonds is 7. The maximum Gasteiger partial charge on any atom is 0.335 e. The number of aromatic nitrogens is 2. The normalized spacial score (nSPS) is 14.1. The van der Waals surface area contributed by atoms with Gasteiger partial charge in [0.15, 0.2) is 10.9 Å². The molecule has 0 aliphatic carbocycles. The molecule has 0 spiro atoms. The Kier molecular flexibility index (Phi) is 6.23. The smallest absolute Gasteiger partial charge is 0.335 e. The first-order valence-electron chi connectivity index (χ1n) is 10.6. The summed E-state index contributed by atoms with van der Waals surface area (Å²) in [4.78, 5) is 32.5. The lowest BCUT2D eigenvalue weighted by molar-refractivity contribution is 0.0696. The fourth-order valence-electron chi connectivity index (χ4n) is 4.01. The van der Waals surface area contributed by atoms with Crippen LogP contribution in [0.4, 0.5) is 5.13 Å². The minimum Gasteiger partial charge on any atom is -0.478 e. The Morgan fingerprint density at radius 3 is 2.48 bits per heavy atom. The number of carbonyl (C=O) groups is 2. The number of ketones is 1. The zero-order chi connectivity index (χ0) is 22.0. The van der Waals surface area contributed by atoms with Crippen molar-refractivity contribution in [1.82, 2.24) is 9.55 Å². The molecule has 1 fully saturated rings. The number of carboxylic acids is 1. The highest BCUT2D eigenvalue weighted by molar-refractivity contribution is 7.15. The number of hydrogen-bond donors (Lipinski definition) is 1. The first-order chi connectivity index (χ1) is 14.9. The van der Waals surface area contributed by atoms with Gasteiger partial charge in [-0.15, -0.1) is 11.3 Å². The van der Waals surface area contributed by atoms with Gasteiger partial charge in [0.2, 0.25) is 0 Å². The van der Waals surface area contributed by atoms with Crippen molar-refractivity contribution in [2.75, 3.05) is 18.0 Å². The fraction of sp³-hybridized carbons (Fsp3) is 0.375. The van der Waals surface area contributed by atoms with E-state index in [1.54, 1.807) is 23.5 Å². The van der Waals surface area contributed by atoms with E-state index in [1.807, 2.05) is 23.8 Å². The van der Waals surface area contributed by atoms with Gasteiger partial charge in [0.05, 0.1) is 23.5 Å². The molecule has 0 saturated carbocycles. The van der Waals surface area contributed by atoms with Crippen molar-refractivity contribution in [1.29, 1.82) is 0 Å². The van der Waals surface area contributed by atoms with E-state index >= 15 is 0 Å². The summed E-state index contributed by atoms with van der Waals surface area (Å²) < 4.78 is 1.99. The summed E-state index contributed by atoms with van der Waals surface area (Å²) in [5, 5.41) is 10.1. The van der Waals surface area contributed by atoms with Gasteiger partial charge in [-0.1, -0.05) is 12.1 Å². The first kappa shape index (κ1) is 21.3. The second-order valence-corrected chi connectivity index (χ2v) is 9.36. The second kappa shape index (κ2) is 9.06. The number of aryl methyl sites for hydroxylation is 2. The van der Waals surface area contributed by atoms with E-state index in [0.29, 0.717) is 12.2 Å². The zero-order valence-electron chi connectivity index (χ0n) is 17.9. The van der Waals surface area contributed by atoms with Crippen LogP contribution in [0.2, 0.25) is 0 Å². The molecule has 0 atom stereocenters. The van der Waals surface area contributed by atoms with E-state index in [1.165, 1.54) is 36.3 Å². The highest BCUT2D eigenvalue weighted by Crippen LogP contribution is 2.29. The van der Waals surface area contributed by atoms with Crippen molar-refractivity contribution < 1.29 is 14.7 Å². The van der Waals surface area contributed by atoms with Gasteiger partial charge in [-0.25, -0.2) is 9.78 Å². The summed E-state index contributed by atoms with van der Waals surface area (Å²) in [5.74, 6) is -0.953. The van der Waals surface area contributed by atoms with Crippen molar-refractivity contribution in [2.45, 2.75) is 46.1 Å². The van der Waals surface area contributed by atoms with Gasteiger partial charge in [0.1, 0.15) is 0 Å². The van der Waals surface area contributed by atoms with Crippen molar-refractivity contribution in [2.24, 2.45) is 0 Å². The lowest BCUT2D eigenvalue weighted by Gasteiger charge is -2.25. The van der Waals surface area contributed by atoms with E-state index in [0.717, 1.165) is 35.0 Å². The maximum atomic E-state index is 13.0. The number of benzene rings is 1. The van der Waals surface area contributed by atoms with E-state index in [4.69, 9.17) is 10.1 Å². The number of carboxylic acid groups (broad SMARTS) is 1. The molecule has 4 rings (SSSR count). The molecule has 1 N–H and O–H groups in total. The van der Waals surface area contributed by atoms with E-state index in [2.05, 4.69) is 11.8 Å². The first-order valence-corrected chi connectivity index (χ1v) is 11.5. The molecule has 3 heterocycles. The second-order valence-electron chi connectivity index (χ2n) is 8.18. The molecule has 3 aromatic rings. The summed E-state index contributed by atoms with van der Waals surface area (Å²) in [6.07, 6.45) is 5.97. The summed E-state index contributed by atoms with van der Waals surface area (Å²) in [6, 6.07) is 8.40. The molecule has 6 nitrogen and oxygen atoms in total. The molecule has 2 aromatic heterocycles. The molecular formula is C24H27N3O3S. The SMILES string of the molecule is Cc1cc(C(=O)Cc2ccc(C(=O)O)cc2)n(Cc2nc(N3CCCCC3)sc2C)c1. The molecule has 0 amide bonds. The van der Waals surface area contributed by atoms with Gasteiger partial charge in [-0.3, -0.25) is 4.79 Å². The Morgan fingerprint density at radius 2 is 1.81 bits per heavy atom. The van der Waals surface area contributed by atoms with Crippen molar-refractivity contribution >= 4 is 28.2 Å². The van der Waals surface area contributed by atoms with Crippen LogP contribution in [0.15, 0.2) is 36.5 Å². The number of hydrogen-bond acceptors (Lipinski definition) is 5. The lowest BCUT2D eigenvalue weighted by atomic mass is 10.0. The van der Waals surface area contributed by atoms with Crippen molar-refractivity contribution in [3.05, 3.63) is 69.5 Å². The monoisotopic (exact) mass is 437 g/mol. The zero-order valence-corrected chi connectivity index (χ0v) is 18.7. The van der Waals surface area contributed by atoms with Crippen LogP contribution in [0.3, 0.4) is 0 Å². The van der Waals surface area contributed by atoms with E-state index in [-0.39, 0.29) is 17.8 Å². The Bertz CT molecular complexity index is 1090. The topological polar surface area (TPSA) is 75.4 Å². The van der Waals surface area contributed by atoms with E-state index < -0.39 is 5.97 Å². The average Bonchev–Trinajstić information content (AvgIpc) is 3.31. The predicted octanol–water partition coefficient (Wildman–Crippen LogP) is 4.72. The number of carbonyl (C=O) groups excluding carboxylic acids is 1. The molecule has 1 saturated heterocycles. The molecule has 1 aromatic carbocycles. The van der Waals surface area contributed by atoms with Crippen LogP contribution >= 0.6 is 11.3 Å². The number of nitrogens with zero attached hydrogens (tertiary/aromatic N) is 3. The third-order valence-electron chi connectivity index (χ3n) is 5.71. The quantitative estimate of drug-likeness (QED) is 0.541. The summed E-state index contributed by atoms with van der Waals surface area (Å²) >= 11 is 1.74. The number of anilines is 1. The molecule has 7 heteroatoms. The Hall–Kier alpha value is -2.93. The molecule has 31 heavy (non-hydrogen) atoms. The Labute approximate surface area is 186 Å². The van der Waals surface area contributed by atoms with Gasteiger partial charge in [-0.05, 0) is 62.4 Å². The summed E-state index contributed by atoms with van der Waals surface area (Å²) in [6.45, 7) is 6.80. The minimum absolute atomic E-state index is 0.0142. The third-order valence-corrected chi connectivity index (χ3v) is 6.79. The van der Waals surface area contributed by atoms with Crippen LogP contribution < -0.4 is 4.90 Å². The number of Topliss-reactive ketones (excluding diaryl/α,β-unsaturated/α-hetero) is 1. The maximum absolute atomic E-state index is 13.0. The highest BCUT2D eigenvalue weighted by atomic mass is 32.1. The highest BCUT2D eigenvalue weighted by Gasteiger charge is 2.19. The average molecular weight is 438 g/mol. The Balaban J connectivity index is 1.51. The lowest BCUT2D eigenvalue weighted by Crippen LogP contribution is -2.29. The number of aromatic carboxylic acids is 1. The van der Waals surface area contributed by atoms with Crippen molar-refractivity contribution in [3.8, 4) is 0 Å². The van der Waals surface area contributed by atoms with Crippen LogP contribution in [-0.4, -0.2) is 39.5 Å². The summed E-state index contributed by atoms with van der Waals surface area (Å²) in [7, 11) is 0. The van der Waals surface area contributed by atoms with Gasteiger partial charge in [0.25, 0.3) is 0 Å². The van der Waals surface area contributed by atoms with Gasteiger partial charge in [0, 0.05) is 30.6 Å². The molecule has 1 aliphatic rings. The molecule has 0 radical (unpaired) electrons. The molecule has 0 unspecified atom stereocenters. The van der Waals surface area contributed by atoms with Crippen LogP contribution in [-0.2, 0) is 13.0 Å². The van der Waals surface area contributed by atoms with Crippen LogP contribution in [0.5, 0.6) is 0 Å². The largest absolute Gasteiger partial charge is 0.478 e.